The molecular weight excluding hydrogens is 306 g/mol. The topological polar surface area (TPSA) is 76.0 Å². The number of esters is 1. The maximum atomic E-state index is 11.9. The van der Waals surface area contributed by atoms with Gasteiger partial charge in [0, 0.05) is 6.07 Å². The SMILES string of the molecule is CCOC(=O)C1=CC(=Nc2ccc(O)cc2Cl)C(C)=CC1=O. The van der Waals surface area contributed by atoms with Crippen molar-refractivity contribution in [2.24, 2.45) is 4.99 Å². The molecule has 114 valence electrons. The molecule has 0 heterocycles. The van der Waals surface area contributed by atoms with E-state index < -0.39 is 11.8 Å². The van der Waals surface area contributed by atoms with Crippen molar-refractivity contribution >= 4 is 34.8 Å². The second-order valence-corrected chi connectivity index (χ2v) is 5.01. The second kappa shape index (κ2) is 6.58. The fourth-order valence-electron chi connectivity index (χ4n) is 1.88. The fourth-order valence-corrected chi connectivity index (χ4v) is 2.09. The minimum atomic E-state index is -0.680. The van der Waals surface area contributed by atoms with E-state index in [1.807, 2.05) is 0 Å². The first-order chi connectivity index (χ1) is 10.4. The molecule has 0 aliphatic heterocycles. The van der Waals surface area contributed by atoms with Gasteiger partial charge in [0.1, 0.15) is 11.3 Å². The highest BCUT2D eigenvalue weighted by Crippen LogP contribution is 2.30. The molecule has 0 saturated heterocycles. The van der Waals surface area contributed by atoms with Gasteiger partial charge in [-0.1, -0.05) is 11.6 Å². The Labute approximate surface area is 132 Å². The molecular formula is C16H14ClNO4. The van der Waals surface area contributed by atoms with Crippen molar-refractivity contribution < 1.29 is 19.4 Å². The third-order valence-corrected chi connectivity index (χ3v) is 3.27. The number of carbonyl (C=O) groups is 2. The molecule has 1 N–H and O–H groups in total. The predicted octanol–water partition coefficient (Wildman–Crippen LogP) is 3.14. The Morgan fingerprint density at radius 3 is 2.73 bits per heavy atom. The Bertz CT molecular complexity index is 732. The maximum Gasteiger partial charge on any atom is 0.342 e. The number of carbonyl (C=O) groups excluding carboxylic acids is 2. The lowest BCUT2D eigenvalue weighted by Crippen LogP contribution is -2.20. The van der Waals surface area contributed by atoms with E-state index >= 15 is 0 Å². The van der Waals surface area contributed by atoms with Gasteiger partial charge in [0.25, 0.3) is 0 Å². The van der Waals surface area contributed by atoms with Crippen LogP contribution in [0.15, 0.2) is 46.5 Å². The molecule has 2 rings (SSSR count). The number of nitrogens with zero attached hydrogens (tertiary/aromatic N) is 1. The Morgan fingerprint density at radius 2 is 2.09 bits per heavy atom. The molecule has 0 radical (unpaired) electrons. The number of phenolic OH excluding ortho intramolecular Hbond substituents is 1. The summed E-state index contributed by atoms with van der Waals surface area (Å²) in [5, 5.41) is 9.61. The molecule has 0 fully saturated rings. The van der Waals surface area contributed by atoms with Crippen LogP contribution in [0.2, 0.25) is 5.02 Å². The van der Waals surface area contributed by atoms with Crippen molar-refractivity contribution in [3.63, 3.8) is 0 Å². The molecule has 0 saturated carbocycles. The zero-order chi connectivity index (χ0) is 16.3. The zero-order valence-electron chi connectivity index (χ0n) is 12.1. The smallest absolute Gasteiger partial charge is 0.342 e. The number of ether oxygens (including phenoxy) is 1. The highest BCUT2D eigenvalue weighted by atomic mass is 35.5. The lowest BCUT2D eigenvalue weighted by Gasteiger charge is -2.12. The Balaban J connectivity index is 2.43. The quantitative estimate of drug-likeness (QED) is 0.527. The maximum absolute atomic E-state index is 11.9. The number of aliphatic imine (C=N–C) groups is 1. The van der Waals surface area contributed by atoms with Gasteiger partial charge in [-0.05, 0) is 43.7 Å². The third kappa shape index (κ3) is 3.43. The summed E-state index contributed by atoms with van der Waals surface area (Å²) in [7, 11) is 0. The van der Waals surface area contributed by atoms with Crippen LogP contribution in [-0.2, 0) is 14.3 Å². The summed E-state index contributed by atoms with van der Waals surface area (Å²) >= 11 is 6.01. The van der Waals surface area contributed by atoms with Crippen molar-refractivity contribution in [3.05, 3.63) is 46.5 Å². The number of halogens is 1. The molecule has 6 heteroatoms. The molecule has 1 aliphatic carbocycles. The summed E-state index contributed by atoms with van der Waals surface area (Å²) in [5.41, 5.74) is 1.41. The summed E-state index contributed by atoms with van der Waals surface area (Å²) < 4.78 is 4.85. The summed E-state index contributed by atoms with van der Waals surface area (Å²) in [5.74, 6) is -1.06. The average molecular weight is 320 g/mol. The summed E-state index contributed by atoms with van der Waals surface area (Å²) in [6.45, 7) is 3.56. The van der Waals surface area contributed by atoms with E-state index in [2.05, 4.69) is 4.99 Å². The van der Waals surface area contributed by atoms with Gasteiger partial charge in [0.15, 0.2) is 5.78 Å². The van der Waals surface area contributed by atoms with E-state index in [0.717, 1.165) is 0 Å². The van der Waals surface area contributed by atoms with Gasteiger partial charge in [-0.3, -0.25) is 4.79 Å². The molecule has 22 heavy (non-hydrogen) atoms. The van der Waals surface area contributed by atoms with Crippen LogP contribution >= 0.6 is 11.6 Å². The normalized spacial score (nSPS) is 16.3. The van der Waals surface area contributed by atoms with E-state index in [9.17, 15) is 14.7 Å². The van der Waals surface area contributed by atoms with Gasteiger partial charge in [-0.2, -0.15) is 0 Å². The Morgan fingerprint density at radius 1 is 1.36 bits per heavy atom. The van der Waals surface area contributed by atoms with Gasteiger partial charge in [0.2, 0.25) is 0 Å². The molecule has 0 bridgehead atoms. The van der Waals surface area contributed by atoms with Crippen LogP contribution in [0, 0.1) is 0 Å². The second-order valence-electron chi connectivity index (χ2n) is 4.60. The molecule has 5 nitrogen and oxygen atoms in total. The Hall–Kier alpha value is -2.40. The van der Waals surface area contributed by atoms with E-state index in [4.69, 9.17) is 16.3 Å². The lowest BCUT2D eigenvalue weighted by molar-refractivity contribution is -0.139. The molecule has 1 aliphatic rings. The van der Waals surface area contributed by atoms with Gasteiger partial charge in [-0.25, -0.2) is 9.79 Å². The predicted molar refractivity (Wildman–Crippen MR) is 83.7 cm³/mol. The van der Waals surface area contributed by atoms with Crippen molar-refractivity contribution in [2.75, 3.05) is 6.61 Å². The fraction of sp³-hybridized carbons (Fsp3) is 0.188. The van der Waals surface area contributed by atoms with Gasteiger partial charge >= 0.3 is 5.97 Å². The lowest BCUT2D eigenvalue weighted by atomic mass is 9.97. The summed E-state index contributed by atoms with van der Waals surface area (Å²) in [6, 6.07) is 4.37. The van der Waals surface area contributed by atoms with Crippen LogP contribution in [0.4, 0.5) is 5.69 Å². The van der Waals surface area contributed by atoms with E-state index in [1.54, 1.807) is 19.9 Å². The number of benzene rings is 1. The monoisotopic (exact) mass is 319 g/mol. The van der Waals surface area contributed by atoms with Crippen molar-refractivity contribution in [1.82, 2.24) is 0 Å². The molecule has 0 amide bonds. The largest absolute Gasteiger partial charge is 0.508 e. The third-order valence-electron chi connectivity index (χ3n) is 2.97. The van der Waals surface area contributed by atoms with Gasteiger partial charge < -0.3 is 9.84 Å². The molecule has 0 aromatic heterocycles. The minimum absolute atomic E-state index is 0.0304. The molecule has 1 aromatic rings. The number of phenols is 1. The summed E-state index contributed by atoms with van der Waals surface area (Å²) in [6.07, 6.45) is 2.72. The van der Waals surface area contributed by atoms with Gasteiger partial charge in [-0.15, -0.1) is 0 Å². The van der Waals surface area contributed by atoms with Crippen LogP contribution in [-0.4, -0.2) is 29.2 Å². The van der Waals surface area contributed by atoms with Crippen LogP contribution in [0.25, 0.3) is 0 Å². The van der Waals surface area contributed by atoms with Crippen LogP contribution in [0.1, 0.15) is 13.8 Å². The number of ketones is 1. The number of rotatable bonds is 3. The minimum Gasteiger partial charge on any atom is -0.508 e. The first-order valence-corrected chi connectivity index (χ1v) is 6.99. The molecule has 0 spiro atoms. The first kappa shape index (κ1) is 16.0. The Kier molecular flexibility index (Phi) is 4.78. The van der Waals surface area contributed by atoms with Crippen LogP contribution < -0.4 is 0 Å². The number of hydrogen-bond donors (Lipinski definition) is 1. The van der Waals surface area contributed by atoms with Gasteiger partial charge in [0.05, 0.1) is 23.0 Å². The molecule has 1 aromatic carbocycles. The zero-order valence-corrected chi connectivity index (χ0v) is 12.8. The number of hydrogen-bond acceptors (Lipinski definition) is 5. The summed E-state index contributed by atoms with van der Waals surface area (Å²) in [4.78, 5) is 28.0. The molecule has 0 atom stereocenters. The standard InChI is InChI=1S/C16H14ClNO4/c1-3-22-16(21)11-8-14(9(2)6-15(11)20)18-13-5-4-10(19)7-12(13)17/h4-8,19H,3H2,1-2H3. The van der Waals surface area contributed by atoms with E-state index in [1.165, 1.54) is 24.3 Å². The van der Waals surface area contributed by atoms with Crippen LogP contribution in [0.5, 0.6) is 5.75 Å². The van der Waals surface area contributed by atoms with Crippen molar-refractivity contribution in [1.29, 1.82) is 0 Å². The van der Waals surface area contributed by atoms with Crippen molar-refractivity contribution in [3.8, 4) is 5.75 Å². The first-order valence-electron chi connectivity index (χ1n) is 6.61. The highest BCUT2D eigenvalue weighted by Gasteiger charge is 2.23. The van der Waals surface area contributed by atoms with Crippen LogP contribution in [0.3, 0.4) is 0 Å². The average Bonchev–Trinajstić information content (AvgIpc) is 2.44. The number of allylic oxidation sites excluding steroid dienone is 3. The molecule has 0 unspecified atom stereocenters. The number of aromatic hydroxyl groups is 1. The van der Waals surface area contributed by atoms with Crippen molar-refractivity contribution in [2.45, 2.75) is 13.8 Å². The highest BCUT2D eigenvalue weighted by molar-refractivity contribution is 6.34. The van der Waals surface area contributed by atoms with E-state index in [-0.39, 0.29) is 23.0 Å². The van der Waals surface area contributed by atoms with E-state index in [0.29, 0.717) is 17.0 Å².